The Hall–Kier alpha value is -2.20. The first-order chi connectivity index (χ1) is 9.58. The highest BCUT2D eigenvalue weighted by Crippen LogP contribution is 2.26. The summed E-state index contributed by atoms with van der Waals surface area (Å²) in [6, 6.07) is 9.58. The summed E-state index contributed by atoms with van der Waals surface area (Å²) < 4.78 is 1.56. The molecule has 4 nitrogen and oxygen atoms in total. The highest BCUT2D eigenvalue weighted by Gasteiger charge is 2.16. The number of carbonyl (C=O) groups is 1. The van der Waals surface area contributed by atoms with Crippen LogP contribution < -0.4 is 0 Å². The van der Waals surface area contributed by atoms with Gasteiger partial charge in [0.05, 0.1) is 17.0 Å². The van der Waals surface area contributed by atoms with Crippen LogP contribution in [-0.2, 0) is 0 Å². The number of rotatable bonds is 2. The number of nitrogens with zero attached hydrogens (tertiary/aromatic N) is 3. The third kappa shape index (κ3) is 1.98. The second kappa shape index (κ2) is 4.72. The molecule has 0 amide bonds. The van der Waals surface area contributed by atoms with Gasteiger partial charge in [0.2, 0.25) is 0 Å². The Bertz CT molecular complexity index is 809. The van der Waals surface area contributed by atoms with E-state index >= 15 is 0 Å². The molecule has 3 rings (SSSR count). The van der Waals surface area contributed by atoms with E-state index in [0.717, 1.165) is 5.56 Å². The average molecular weight is 286 g/mol. The third-order valence-electron chi connectivity index (χ3n) is 3.14. The van der Waals surface area contributed by atoms with Crippen LogP contribution in [0.4, 0.5) is 0 Å². The topological polar surface area (TPSA) is 47.3 Å². The Kier molecular flexibility index (Phi) is 3.03. The van der Waals surface area contributed by atoms with E-state index in [1.807, 2.05) is 37.3 Å². The van der Waals surface area contributed by atoms with Crippen molar-refractivity contribution in [1.29, 1.82) is 0 Å². The first kappa shape index (κ1) is 12.8. The van der Waals surface area contributed by atoms with Gasteiger partial charge in [-0.3, -0.25) is 4.79 Å². The summed E-state index contributed by atoms with van der Waals surface area (Å²) in [6.45, 7) is 3.33. The van der Waals surface area contributed by atoms with Crippen LogP contribution in [0, 0.1) is 6.92 Å². The maximum Gasteiger partial charge on any atom is 0.174 e. The molecular formula is C15H12ClN3O. The summed E-state index contributed by atoms with van der Waals surface area (Å²) in [7, 11) is 0. The summed E-state index contributed by atoms with van der Waals surface area (Å²) in [5.74, 6) is -0.0532. The average Bonchev–Trinajstić information content (AvgIpc) is 2.73. The summed E-state index contributed by atoms with van der Waals surface area (Å²) in [5.41, 5.74) is 3.30. The number of carbonyl (C=O) groups excluding carboxylic acids is 1. The van der Waals surface area contributed by atoms with E-state index in [-0.39, 0.29) is 5.78 Å². The molecule has 0 spiro atoms. The van der Waals surface area contributed by atoms with Gasteiger partial charge in [0.25, 0.3) is 0 Å². The van der Waals surface area contributed by atoms with Crippen molar-refractivity contribution in [3.63, 3.8) is 0 Å². The minimum absolute atomic E-state index is 0.0532. The quantitative estimate of drug-likeness (QED) is 0.676. The number of fused-ring (bicyclic) bond motifs is 1. The second-order valence-electron chi connectivity index (χ2n) is 4.59. The van der Waals surface area contributed by atoms with Crippen molar-refractivity contribution in [1.82, 2.24) is 14.6 Å². The molecule has 0 aliphatic carbocycles. The molecule has 0 saturated carbocycles. The fourth-order valence-corrected chi connectivity index (χ4v) is 2.30. The molecular weight excluding hydrogens is 274 g/mol. The van der Waals surface area contributed by atoms with Crippen molar-refractivity contribution in [3.05, 3.63) is 52.8 Å². The van der Waals surface area contributed by atoms with Crippen LogP contribution >= 0.6 is 11.6 Å². The molecule has 2 heterocycles. The molecule has 0 saturated heterocycles. The lowest BCUT2D eigenvalue weighted by Crippen LogP contribution is -2.03. The van der Waals surface area contributed by atoms with Crippen LogP contribution in [0.15, 0.2) is 36.5 Å². The monoisotopic (exact) mass is 285 g/mol. The van der Waals surface area contributed by atoms with Gasteiger partial charge in [0.15, 0.2) is 11.4 Å². The van der Waals surface area contributed by atoms with Gasteiger partial charge >= 0.3 is 0 Å². The Balaban J connectivity index is 2.36. The van der Waals surface area contributed by atoms with Gasteiger partial charge in [0.1, 0.15) is 5.02 Å². The van der Waals surface area contributed by atoms with Crippen LogP contribution in [0.2, 0.25) is 5.02 Å². The van der Waals surface area contributed by atoms with Crippen LogP contribution in [0.3, 0.4) is 0 Å². The SMILES string of the molecule is CC(=O)c1cn2nc(C)c(Cl)c2nc1-c1ccccc1. The van der Waals surface area contributed by atoms with Crippen molar-refractivity contribution in [2.45, 2.75) is 13.8 Å². The van der Waals surface area contributed by atoms with Gasteiger partial charge in [-0.15, -0.1) is 0 Å². The summed E-state index contributed by atoms with van der Waals surface area (Å²) in [4.78, 5) is 16.4. The molecule has 20 heavy (non-hydrogen) atoms. The zero-order chi connectivity index (χ0) is 14.3. The van der Waals surface area contributed by atoms with Crippen molar-refractivity contribution in [2.24, 2.45) is 0 Å². The molecule has 0 aliphatic heterocycles. The summed E-state index contributed by atoms with van der Waals surface area (Å²) in [6.07, 6.45) is 1.69. The maximum absolute atomic E-state index is 11.9. The Morgan fingerprint density at radius 3 is 2.60 bits per heavy atom. The number of hydrogen-bond donors (Lipinski definition) is 0. The van der Waals surface area contributed by atoms with E-state index in [4.69, 9.17) is 11.6 Å². The Morgan fingerprint density at radius 2 is 1.95 bits per heavy atom. The van der Waals surface area contributed by atoms with E-state index in [2.05, 4.69) is 10.1 Å². The predicted octanol–water partition coefficient (Wildman–Crippen LogP) is 3.56. The van der Waals surface area contributed by atoms with Crippen molar-refractivity contribution < 1.29 is 4.79 Å². The molecule has 0 N–H and O–H groups in total. The van der Waals surface area contributed by atoms with Crippen LogP contribution in [-0.4, -0.2) is 20.4 Å². The standard InChI is InChI=1S/C15H12ClN3O/c1-9-13(16)15-17-14(11-6-4-3-5-7-11)12(10(2)20)8-19(15)18-9/h3-8H,1-2H3. The number of benzene rings is 1. The molecule has 0 aliphatic rings. The molecule has 100 valence electrons. The van der Waals surface area contributed by atoms with E-state index in [0.29, 0.717) is 27.6 Å². The van der Waals surface area contributed by atoms with Crippen molar-refractivity contribution in [3.8, 4) is 11.3 Å². The summed E-state index contributed by atoms with van der Waals surface area (Å²) >= 11 is 6.20. The highest BCUT2D eigenvalue weighted by atomic mass is 35.5. The zero-order valence-corrected chi connectivity index (χ0v) is 11.8. The predicted molar refractivity (Wildman–Crippen MR) is 78.2 cm³/mol. The molecule has 0 bridgehead atoms. The lowest BCUT2D eigenvalue weighted by molar-refractivity contribution is 0.101. The minimum Gasteiger partial charge on any atom is -0.294 e. The third-order valence-corrected chi connectivity index (χ3v) is 3.58. The largest absolute Gasteiger partial charge is 0.294 e. The molecule has 2 aromatic heterocycles. The van der Waals surface area contributed by atoms with Gasteiger partial charge in [-0.2, -0.15) is 5.10 Å². The zero-order valence-electron chi connectivity index (χ0n) is 11.1. The lowest BCUT2D eigenvalue weighted by Gasteiger charge is -2.07. The van der Waals surface area contributed by atoms with E-state index in [1.54, 1.807) is 10.7 Å². The minimum atomic E-state index is -0.0532. The maximum atomic E-state index is 11.9. The fourth-order valence-electron chi connectivity index (χ4n) is 2.13. The molecule has 0 unspecified atom stereocenters. The first-order valence-electron chi connectivity index (χ1n) is 6.20. The van der Waals surface area contributed by atoms with Crippen molar-refractivity contribution >= 4 is 23.0 Å². The normalized spacial score (nSPS) is 10.9. The first-order valence-corrected chi connectivity index (χ1v) is 6.57. The van der Waals surface area contributed by atoms with Gasteiger partial charge in [-0.25, -0.2) is 9.50 Å². The number of hydrogen-bond acceptors (Lipinski definition) is 3. The number of halogens is 1. The highest BCUT2D eigenvalue weighted by molar-refractivity contribution is 6.34. The van der Waals surface area contributed by atoms with Crippen LogP contribution in [0.25, 0.3) is 16.9 Å². The lowest BCUT2D eigenvalue weighted by atomic mass is 10.1. The number of aromatic nitrogens is 3. The molecule has 0 radical (unpaired) electrons. The van der Waals surface area contributed by atoms with Crippen LogP contribution in [0.5, 0.6) is 0 Å². The molecule has 0 fully saturated rings. The molecule has 1 aromatic carbocycles. The molecule has 5 heteroatoms. The smallest absolute Gasteiger partial charge is 0.174 e. The number of aryl methyl sites for hydroxylation is 1. The van der Waals surface area contributed by atoms with Gasteiger partial charge in [0, 0.05) is 11.8 Å². The number of Topliss-reactive ketones (excluding diaryl/α,β-unsaturated/α-hetero) is 1. The Labute approximate surface area is 121 Å². The van der Waals surface area contributed by atoms with Gasteiger partial charge in [-0.05, 0) is 13.8 Å². The van der Waals surface area contributed by atoms with E-state index in [1.165, 1.54) is 6.92 Å². The van der Waals surface area contributed by atoms with Gasteiger partial charge < -0.3 is 0 Å². The van der Waals surface area contributed by atoms with Crippen molar-refractivity contribution in [2.75, 3.05) is 0 Å². The second-order valence-corrected chi connectivity index (χ2v) is 4.97. The fraction of sp³-hybridized carbons (Fsp3) is 0.133. The number of ketones is 1. The molecule has 0 atom stereocenters. The van der Waals surface area contributed by atoms with Gasteiger partial charge in [-0.1, -0.05) is 41.9 Å². The van der Waals surface area contributed by atoms with E-state index < -0.39 is 0 Å². The van der Waals surface area contributed by atoms with E-state index in [9.17, 15) is 4.79 Å². The van der Waals surface area contributed by atoms with Crippen LogP contribution in [0.1, 0.15) is 23.0 Å². The Morgan fingerprint density at radius 1 is 1.25 bits per heavy atom. The molecule has 3 aromatic rings. The summed E-state index contributed by atoms with van der Waals surface area (Å²) in [5, 5.41) is 4.77.